The molecule has 3 aromatic rings. The van der Waals surface area contributed by atoms with E-state index < -0.39 is 0 Å². The van der Waals surface area contributed by atoms with Crippen molar-refractivity contribution >= 4 is 23.0 Å². The highest BCUT2D eigenvalue weighted by atomic mass is 16.2. The maximum atomic E-state index is 12.7. The average Bonchev–Trinajstić information content (AvgIpc) is 2.72. The Morgan fingerprint density at radius 2 is 1.21 bits per heavy atom. The van der Waals surface area contributed by atoms with Crippen LogP contribution in [0.25, 0.3) is 5.57 Å². The minimum Gasteiger partial charge on any atom is -0.308 e. The van der Waals surface area contributed by atoms with E-state index in [1.165, 1.54) is 6.92 Å². The Labute approximate surface area is 165 Å². The van der Waals surface area contributed by atoms with Gasteiger partial charge in [0.1, 0.15) is 5.78 Å². The summed E-state index contributed by atoms with van der Waals surface area (Å²) in [6.45, 7) is 1.82. The SMILES string of the molecule is CC(=O)CC(=O)N(CC=C(c1ccccc1)c1ccccc1)c1ccccc1. The van der Waals surface area contributed by atoms with Crippen LogP contribution in [0.1, 0.15) is 24.5 Å². The zero-order valence-corrected chi connectivity index (χ0v) is 15.9. The molecule has 0 fully saturated rings. The molecule has 0 saturated carbocycles. The van der Waals surface area contributed by atoms with Gasteiger partial charge >= 0.3 is 0 Å². The number of carbonyl (C=O) groups is 2. The Hall–Kier alpha value is -3.46. The molecular weight excluding hydrogens is 346 g/mol. The third-order valence-corrected chi connectivity index (χ3v) is 4.42. The predicted octanol–water partition coefficient (Wildman–Crippen LogP) is 5.13. The fourth-order valence-electron chi connectivity index (χ4n) is 3.09. The molecule has 0 aliphatic heterocycles. The first kappa shape index (κ1) is 19.3. The second-order valence-corrected chi connectivity index (χ2v) is 6.57. The van der Waals surface area contributed by atoms with Gasteiger partial charge in [-0.05, 0) is 35.8 Å². The summed E-state index contributed by atoms with van der Waals surface area (Å²) in [6.07, 6.45) is 1.95. The van der Waals surface area contributed by atoms with Crippen molar-refractivity contribution in [2.75, 3.05) is 11.4 Å². The van der Waals surface area contributed by atoms with E-state index in [2.05, 4.69) is 30.3 Å². The minimum atomic E-state index is -0.199. The molecule has 3 heteroatoms. The summed E-state index contributed by atoms with van der Waals surface area (Å²) < 4.78 is 0. The Kier molecular flexibility index (Phi) is 6.53. The van der Waals surface area contributed by atoms with Crippen LogP contribution >= 0.6 is 0 Å². The first-order chi connectivity index (χ1) is 13.6. The zero-order chi connectivity index (χ0) is 19.8. The fourth-order valence-corrected chi connectivity index (χ4v) is 3.09. The lowest BCUT2D eigenvalue weighted by Gasteiger charge is -2.22. The second-order valence-electron chi connectivity index (χ2n) is 6.57. The lowest BCUT2D eigenvalue weighted by molar-refractivity contribution is -0.125. The van der Waals surface area contributed by atoms with E-state index in [0.29, 0.717) is 6.54 Å². The number of hydrogen-bond acceptors (Lipinski definition) is 2. The third kappa shape index (κ3) is 5.04. The van der Waals surface area contributed by atoms with Gasteiger partial charge in [0.15, 0.2) is 0 Å². The van der Waals surface area contributed by atoms with E-state index in [1.54, 1.807) is 4.90 Å². The molecule has 140 valence electrons. The Morgan fingerprint density at radius 1 is 0.750 bits per heavy atom. The van der Waals surface area contributed by atoms with Crippen molar-refractivity contribution in [1.29, 1.82) is 0 Å². The molecule has 0 aliphatic carbocycles. The van der Waals surface area contributed by atoms with Crippen LogP contribution in [0.2, 0.25) is 0 Å². The number of ketones is 1. The van der Waals surface area contributed by atoms with Gasteiger partial charge in [-0.1, -0.05) is 84.9 Å². The Morgan fingerprint density at radius 3 is 1.68 bits per heavy atom. The molecule has 28 heavy (non-hydrogen) atoms. The molecular formula is C25H23NO2. The maximum absolute atomic E-state index is 12.7. The van der Waals surface area contributed by atoms with Crippen LogP contribution in [0, 0.1) is 0 Å². The van der Waals surface area contributed by atoms with E-state index >= 15 is 0 Å². The van der Waals surface area contributed by atoms with Gasteiger partial charge in [-0.15, -0.1) is 0 Å². The highest BCUT2D eigenvalue weighted by molar-refractivity contribution is 6.05. The smallest absolute Gasteiger partial charge is 0.234 e. The Bertz CT molecular complexity index is 906. The van der Waals surface area contributed by atoms with Gasteiger partial charge in [-0.2, -0.15) is 0 Å². The fraction of sp³-hybridized carbons (Fsp3) is 0.120. The molecule has 3 nitrogen and oxygen atoms in total. The highest BCUT2D eigenvalue weighted by Gasteiger charge is 2.17. The number of carbonyl (C=O) groups excluding carboxylic acids is 2. The standard InChI is InChI=1S/C25H23NO2/c1-20(27)19-25(28)26(23-15-9-4-10-16-23)18-17-24(21-11-5-2-6-12-21)22-13-7-3-8-14-22/h2-17H,18-19H2,1H3. The van der Waals surface area contributed by atoms with Crippen LogP contribution in [0.5, 0.6) is 0 Å². The van der Waals surface area contributed by atoms with E-state index in [1.807, 2.05) is 66.7 Å². The van der Waals surface area contributed by atoms with Crippen LogP contribution in [-0.2, 0) is 9.59 Å². The van der Waals surface area contributed by atoms with Crippen LogP contribution < -0.4 is 4.90 Å². The summed E-state index contributed by atoms with van der Waals surface area (Å²) in [5.74, 6) is -0.336. The predicted molar refractivity (Wildman–Crippen MR) is 114 cm³/mol. The molecule has 0 atom stereocenters. The number of rotatable bonds is 7. The minimum absolute atomic E-state index is 0.102. The number of amides is 1. The van der Waals surface area contributed by atoms with Crippen molar-refractivity contribution in [3.8, 4) is 0 Å². The highest BCUT2D eigenvalue weighted by Crippen LogP contribution is 2.24. The summed E-state index contributed by atoms with van der Waals surface area (Å²) >= 11 is 0. The van der Waals surface area contributed by atoms with Gasteiger partial charge in [-0.3, -0.25) is 9.59 Å². The number of benzene rings is 3. The molecule has 0 aromatic heterocycles. The maximum Gasteiger partial charge on any atom is 0.234 e. The largest absolute Gasteiger partial charge is 0.308 e. The molecule has 0 unspecified atom stereocenters. The molecule has 0 radical (unpaired) electrons. The molecule has 0 aliphatic rings. The van der Waals surface area contributed by atoms with E-state index in [0.717, 1.165) is 22.4 Å². The number of para-hydroxylation sites is 1. The van der Waals surface area contributed by atoms with Crippen molar-refractivity contribution in [2.45, 2.75) is 13.3 Å². The number of anilines is 1. The summed E-state index contributed by atoms with van der Waals surface area (Å²) in [6, 6.07) is 29.7. The average molecular weight is 369 g/mol. The second kappa shape index (κ2) is 9.47. The summed E-state index contributed by atoms with van der Waals surface area (Å²) in [7, 11) is 0. The van der Waals surface area contributed by atoms with Crippen molar-refractivity contribution in [3.05, 3.63) is 108 Å². The van der Waals surface area contributed by atoms with E-state index in [4.69, 9.17) is 0 Å². The van der Waals surface area contributed by atoms with Crippen molar-refractivity contribution in [3.63, 3.8) is 0 Å². The van der Waals surface area contributed by atoms with Crippen molar-refractivity contribution < 1.29 is 9.59 Å². The van der Waals surface area contributed by atoms with Gasteiger partial charge in [0, 0.05) is 12.2 Å². The lowest BCUT2D eigenvalue weighted by atomic mass is 9.97. The van der Waals surface area contributed by atoms with Crippen LogP contribution in [0.3, 0.4) is 0 Å². The summed E-state index contributed by atoms with van der Waals surface area (Å²) in [4.78, 5) is 25.9. The van der Waals surface area contributed by atoms with Crippen LogP contribution in [0.4, 0.5) is 5.69 Å². The molecule has 3 rings (SSSR count). The first-order valence-electron chi connectivity index (χ1n) is 9.31. The van der Waals surface area contributed by atoms with Crippen molar-refractivity contribution in [2.24, 2.45) is 0 Å². The molecule has 1 amide bonds. The number of nitrogens with zero attached hydrogens (tertiary/aromatic N) is 1. The van der Waals surface area contributed by atoms with E-state index in [-0.39, 0.29) is 18.1 Å². The third-order valence-electron chi connectivity index (χ3n) is 4.42. The molecule has 0 spiro atoms. The molecule has 0 bridgehead atoms. The Balaban J connectivity index is 1.98. The lowest BCUT2D eigenvalue weighted by Crippen LogP contribution is -2.32. The van der Waals surface area contributed by atoms with Gasteiger partial charge in [-0.25, -0.2) is 0 Å². The number of hydrogen-bond donors (Lipinski definition) is 0. The van der Waals surface area contributed by atoms with Gasteiger partial charge in [0.2, 0.25) is 5.91 Å². The quantitative estimate of drug-likeness (QED) is 0.541. The normalized spacial score (nSPS) is 10.2. The number of Topliss-reactive ketones (excluding diaryl/α,β-unsaturated/α-hetero) is 1. The van der Waals surface area contributed by atoms with Gasteiger partial charge < -0.3 is 4.90 Å². The van der Waals surface area contributed by atoms with Crippen molar-refractivity contribution in [1.82, 2.24) is 0 Å². The van der Waals surface area contributed by atoms with Gasteiger partial charge in [0.25, 0.3) is 0 Å². The topological polar surface area (TPSA) is 37.4 Å². The van der Waals surface area contributed by atoms with E-state index in [9.17, 15) is 9.59 Å². The first-order valence-corrected chi connectivity index (χ1v) is 9.31. The van der Waals surface area contributed by atoms with Gasteiger partial charge in [0.05, 0.1) is 6.42 Å². The summed E-state index contributed by atoms with van der Waals surface area (Å²) in [5.41, 5.74) is 4.00. The summed E-state index contributed by atoms with van der Waals surface area (Å²) in [5, 5.41) is 0. The monoisotopic (exact) mass is 369 g/mol. The van der Waals surface area contributed by atoms with Crippen LogP contribution in [0.15, 0.2) is 97.1 Å². The molecule has 0 N–H and O–H groups in total. The molecule has 3 aromatic carbocycles. The van der Waals surface area contributed by atoms with Crippen LogP contribution in [-0.4, -0.2) is 18.2 Å². The molecule has 0 saturated heterocycles. The molecule has 0 heterocycles. The zero-order valence-electron chi connectivity index (χ0n) is 15.9.